The van der Waals surface area contributed by atoms with Crippen molar-refractivity contribution in [1.82, 2.24) is 5.32 Å². The number of aliphatic imine (C=N–C) groups is 1. The van der Waals surface area contributed by atoms with Gasteiger partial charge in [-0.05, 0) is 18.8 Å². The fourth-order valence-corrected chi connectivity index (χ4v) is 2.39. The molecule has 1 saturated carbocycles. The molecule has 1 aliphatic carbocycles. The summed E-state index contributed by atoms with van der Waals surface area (Å²) in [5.74, 6) is 1.36. The number of guanidine groups is 1. The van der Waals surface area contributed by atoms with Crippen LogP contribution in [0.15, 0.2) is 4.99 Å². The van der Waals surface area contributed by atoms with Crippen LogP contribution in [-0.2, 0) is 0 Å². The molecule has 1 aliphatic heterocycles. The average Bonchev–Trinajstić information content (AvgIpc) is 2.41. The van der Waals surface area contributed by atoms with Crippen molar-refractivity contribution < 1.29 is 0 Å². The van der Waals surface area contributed by atoms with Gasteiger partial charge in [0.05, 0.1) is 12.1 Å². The molecule has 0 radical (unpaired) electrons. The highest BCUT2D eigenvalue weighted by atomic mass is 15.2. The fraction of sp³-hybridized carbons (Fsp3) is 0.889. The van der Waals surface area contributed by atoms with E-state index in [-0.39, 0.29) is 5.54 Å². The minimum Gasteiger partial charge on any atom is -0.370 e. The van der Waals surface area contributed by atoms with E-state index < -0.39 is 0 Å². The predicted octanol–water partition coefficient (Wildman–Crippen LogP) is 0.853. The smallest absolute Gasteiger partial charge is 0.189 e. The van der Waals surface area contributed by atoms with E-state index in [2.05, 4.69) is 17.2 Å². The Hall–Kier alpha value is -0.730. The topological polar surface area (TPSA) is 50.4 Å². The van der Waals surface area contributed by atoms with E-state index in [1.807, 2.05) is 0 Å². The van der Waals surface area contributed by atoms with Crippen LogP contribution < -0.4 is 11.1 Å². The summed E-state index contributed by atoms with van der Waals surface area (Å²) in [5, 5.41) is 3.35. The van der Waals surface area contributed by atoms with Crippen LogP contribution >= 0.6 is 0 Å². The first kappa shape index (κ1) is 7.90. The molecule has 2 rings (SSSR count). The first-order valence-electron chi connectivity index (χ1n) is 4.81. The molecule has 0 aromatic heterocycles. The van der Waals surface area contributed by atoms with Gasteiger partial charge in [0.1, 0.15) is 0 Å². The third-order valence-electron chi connectivity index (χ3n) is 3.36. The Balaban J connectivity index is 2.10. The Morgan fingerprint density at radius 3 is 3.00 bits per heavy atom. The number of nitrogens with two attached hydrogens (primary N) is 1. The van der Waals surface area contributed by atoms with E-state index in [0.29, 0.717) is 5.96 Å². The van der Waals surface area contributed by atoms with E-state index in [1.165, 1.54) is 25.7 Å². The monoisotopic (exact) mass is 167 g/mol. The molecule has 3 N–H and O–H groups in total. The molecule has 0 amide bonds. The van der Waals surface area contributed by atoms with Gasteiger partial charge >= 0.3 is 0 Å². The highest BCUT2D eigenvalue weighted by molar-refractivity contribution is 5.80. The van der Waals surface area contributed by atoms with Crippen LogP contribution in [0.3, 0.4) is 0 Å². The number of nitrogens with zero attached hydrogens (tertiary/aromatic N) is 1. The predicted molar refractivity (Wildman–Crippen MR) is 50.0 cm³/mol. The molecule has 12 heavy (non-hydrogen) atoms. The van der Waals surface area contributed by atoms with Crippen molar-refractivity contribution in [3.8, 4) is 0 Å². The zero-order valence-electron chi connectivity index (χ0n) is 7.64. The molecule has 2 atom stereocenters. The van der Waals surface area contributed by atoms with Crippen molar-refractivity contribution in [2.24, 2.45) is 16.6 Å². The molecule has 0 saturated heterocycles. The van der Waals surface area contributed by atoms with Gasteiger partial charge in [-0.2, -0.15) is 0 Å². The summed E-state index contributed by atoms with van der Waals surface area (Å²) in [4.78, 5) is 4.25. The number of hydrogen-bond acceptors (Lipinski definition) is 3. The van der Waals surface area contributed by atoms with Crippen LogP contribution in [0.4, 0.5) is 0 Å². The van der Waals surface area contributed by atoms with Crippen molar-refractivity contribution in [2.75, 3.05) is 6.54 Å². The highest BCUT2D eigenvalue weighted by Gasteiger charge is 2.41. The molecule has 1 spiro atoms. The fourth-order valence-electron chi connectivity index (χ4n) is 2.39. The number of hydrogen-bond donors (Lipinski definition) is 2. The van der Waals surface area contributed by atoms with Crippen LogP contribution in [-0.4, -0.2) is 18.0 Å². The van der Waals surface area contributed by atoms with E-state index >= 15 is 0 Å². The first-order chi connectivity index (χ1) is 5.73. The van der Waals surface area contributed by atoms with Gasteiger partial charge < -0.3 is 11.1 Å². The average molecular weight is 167 g/mol. The van der Waals surface area contributed by atoms with Crippen molar-refractivity contribution >= 4 is 5.96 Å². The van der Waals surface area contributed by atoms with Crippen LogP contribution in [0.2, 0.25) is 0 Å². The largest absolute Gasteiger partial charge is 0.370 e. The lowest BCUT2D eigenvalue weighted by molar-refractivity contribution is 0.199. The summed E-state index contributed by atoms with van der Waals surface area (Å²) in [6.45, 7) is 3.19. The second-order valence-electron chi connectivity index (χ2n) is 4.13. The lowest BCUT2D eigenvalue weighted by Gasteiger charge is -2.39. The van der Waals surface area contributed by atoms with Gasteiger partial charge in [-0.15, -0.1) is 0 Å². The Kier molecular flexibility index (Phi) is 1.74. The number of nitrogens with one attached hydrogen (secondary N) is 1. The van der Waals surface area contributed by atoms with Crippen molar-refractivity contribution in [2.45, 2.75) is 38.1 Å². The summed E-state index contributed by atoms with van der Waals surface area (Å²) in [5.41, 5.74) is 5.87. The molecule has 2 unspecified atom stereocenters. The third-order valence-corrected chi connectivity index (χ3v) is 3.36. The quantitative estimate of drug-likeness (QED) is 0.562. The molecular weight excluding hydrogens is 150 g/mol. The Morgan fingerprint density at radius 1 is 1.58 bits per heavy atom. The first-order valence-corrected chi connectivity index (χ1v) is 4.81. The normalized spacial score (nSPS) is 41.1. The summed E-state index contributed by atoms with van der Waals surface area (Å²) in [7, 11) is 0. The lowest BCUT2D eigenvalue weighted by Crippen LogP contribution is -2.54. The third kappa shape index (κ3) is 1.08. The van der Waals surface area contributed by atoms with Crippen molar-refractivity contribution in [1.29, 1.82) is 0 Å². The molecule has 3 heteroatoms. The summed E-state index contributed by atoms with van der Waals surface area (Å²) < 4.78 is 0. The molecule has 68 valence electrons. The Bertz CT molecular complexity index is 212. The zero-order chi connectivity index (χ0) is 8.60. The maximum absolute atomic E-state index is 5.64. The maximum Gasteiger partial charge on any atom is 0.189 e. The van der Waals surface area contributed by atoms with Gasteiger partial charge in [0, 0.05) is 0 Å². The lowest BCUT2D eigenvalue weighted by atomic mass is 9.74. The molecule has 0 bridgehead atoms. The van der Waals surface area contributed by atoms with Gasteiger partial charge in [0.15, 0.2) is 5.96 Å². The summed E-state index contributed by atoms with van der Waals surface area (Å²) >= 11 is 0. The molecule has 3 nitrogen and oxygen atoms in total. The second-order valence-corrected chi connectivity index (χ2v) is 4.13. The molecular formula is C9H17N3. The minimum absolute atomic E-state index is 0.225. The molecule has 1 fully saturated rings. The maximum atomic E-state index is 5.64. The Labute approximate surface area is 73.4 Å². The van der Waals surface area contributed by atoms with E-state index in [1.54, 1.807) is 0 Å². The van der Waals surface area contributed by atoms with E-state index in [9.17, 15) is 0 Å². The molecule has 2 aliphatic rings. The SMILES string of the molecule is CC1CCCCC12CN=C(N)N2. The van der Waals surface area contributed by atoms with E-state index in [0.717, 1.165) is 12.5 Å². The summed E-state index contributed by atoms with van der Waals surface area (Å²) in [6, 6.07) is 0. The van der Waals surface area contributed by atoms with Gasteiger partial charge in [-0.3, -0.25) is 4.99 Å². The molecule has 1 heterocycles. The molecule has 0 aromatic carbocycles. The number of rotatable bonds is 0. The van der Waals surface area contributed by atoms with Crippen LogP contribution in [0.1, 0.15) is 32.6 Å². The summed E-state index contributed by atoms with van der Waals surface area (Å²) in [6.07, 6.45) is 5.23. The van der Waals surface area contributed by atoms with Gasteiger partial charge in [-0.25, -0.2) is 0 Å². The molecule has 0 aromatic rings. The van der Waals surface area contributed by atoms with Crippen molar-refractivity contribution in [3.05, 3.63) is 0 Å². The van der Waals surface area contributed by atoms with Crippen LogP contribution in [0.5, 0.6) is 0 Å². The highest BCUT2D eigenvalue weighted by Crippen LogP contribution is 2.35. The second kappa shape index (κ2) is 2.64. The van der Waals surface area contributed by atoms with Crippen molar-refractivity contribution in [3.63, 3.8) is 0 Å². The van der Waals surface area contributed by atoms with Crippen LogP contribution in [0, 0.1) is 5.92 Å². The Morgan fingerprint density at radius 2 is 2.42 bits per heavy atom. The minimum atomic E-state index is 0.225. The van der Waals surface area contributed by atoms with Crippen LogP contribution in [0.25, 0.3) is 0 Å². The van der Waals surface area contributed by atoms with Gasteiger partial charge in [-0.1, -0.05) is 19.8 Å². The standard InChI is InChI=1S/C9H17N3/c1-7-4-2-3-5-9(7)6-11-8(10)12-9/h7H,2-6H2,1H3,(H3,10,11,12). The zero-order valence-corrected chi connectivity index (χ0v) is 7.64. The van der Waals surface area contributed by atoms with Gasteiger partial charge in [0.25, 0.3) is 0 Å². The van der Waals surface area contributed by atoms with E-state index in [4.69, 9.17) is 5.73 Å². The van der Waals surface area contributed by atoms with Gasteiger partial charge in [0.2, 0.25) is 0 Å².